The van der Waals surface area contributed by atoms with Gasteiger partial charge in [-0.1, -0.05) is 12.2 Å². The molecule has 14 heavy (non-hydrogen) atoms. The fourth-order valence-corrected chi connectivity index (χ4v) is 1.11. The highest BCUT2D eigenvalue weighted by atomic mass is 19.1. The third kappa shape index (κ3) is 2.29. The van der Waals surface area contributed by atoms with Crippen LogP contribution in [0.2, 0.25) is 0 Å². The van der Waals surface area contributed by atoms with Crippen molar-refractivity contribution < 1.29 is 13.5 Å². The van der Waals surface area contributed by atoms with Gasteiger partial charge in [0.1, 0.15) is 5.82 Å². The molecule has 0 radical (unpaired) electrons. The lowest BCUT2D eigenvalue weighted by Crippen LogP contribution is -1.95. The molecule has 4 heteroatoms. The average Bonchev–Trinajstić information content (AvgIpc) is 2.14. The molecule has 0 aliphatic heterocycles. The summed E-state index contributed by atoms with van der Waals surface area (Å²) in [6.07, 6.45) is 3.11. The molecule has 0 saturated carbocycles. The molecule has 0 fully saturated rings. The minimum Gasteiger partial charge on any atom is -0.493 e. The van der Waals surface area contributed by atoms with Crippen molar-refractivity contribution in [1.29, 1.82) is 0 Å². The highest BCUT2D eigenvalue weighted by Crippen LogP contribution is 2.24. The molecule has 0 spiro atoms. The van der Waals surface area contributed by atoms with Gasteiger partial charge in [-0.2, -0.15) is 0 Å². The van der Waals surface area contributed by atoms with E-state index in [9.17, 15) is 8.78 Å². The first-order chi connectivity index (χ1) is 6.69. The Hall–Kier alpha value is -1.42. The van der Waals surface area contributed by atoms with Crippen LogP contribution in [0.5, 0.6) is 5.75 Å². The summed E-state index contributed by atoms with van der Waals surface area (Å²) in [5.74, 6) is -1.33. The molecule has 0 aliphatic rings. The second-order valence-corrected chi connectivity index (χ2v) is 2.65. The van der Waals surface area contributed by atoms with E-state index in [1.807, 2.05) is 0 Å². The Morgan fingerprint density at radius 2 is 2.14 bits per heavy atom. The molecule has 0 bridgehead atoms. The number of hydrogen-bond acceptors (Lipinski definition) is 2. The van der Waals surface area contributed by atoms with E-state index in [0.29, 0.717) is 12.1 Å². The van der Waals surface area contributed by atoms with E-state index in [-0.39, 0.29) is 5.75 Å². The lowest BCUT2D eigenvalue weighted by atomic mass is 10.1. The highest BCUT2D eigenvalue weighted by Gasteiger charge is 2.09. The maximum absolute atomic E-state index is 13.1. The number of benzene rings is 1. The standard InChI is InChI=1S/C10H11F2NO/c1-14-10-7(3-2-4-13)5-8(11)6-9(10)12/h2-3,5-6H,4,13H2,1H3/b3-2+. The van der Waals surface area contributed by atoms with E-state index in [4.69, 9.17) is 10.5 Å². The minimum absolute atomic E-state index is 0.0242. The molecule has 0 atom stereocenters. The average molecular weight is 199 g/mol. The summed E-state index contributed by atoms with van der Waals surface area (Å²) in [6, 6.07) is 1.96. The Morgan fingerprint density at radius 1 is 1.43 bits per heavy atom. The Balaban J connectivity index is 3.18. The van der Waals surface area contributed by atoms with Gasteiger partial charge in [-0.25, -0.2) is 8.78 Å². The Morgan fingerprint density at radius 3 is 2.71 bits per heavy atom. The summed E-state index contributed by atoms with van der Waals surface area (Å²) >= 11 is 0. The normalized spacial score (nSPS) is 10.9. The quantitative estimate of drug-likeness (QED) is 0.807. The van der Waals surface area contributed by atoms with Gasteiger partial charge in [-0.3, -0.25) is 0 Å². The second kappa shape index (κ2) is 4.72. The van der Waals surface area contributed by atoms with Crippen LogP contribution in [-0.2, 0) is 0 Å². The van der Waals surface area contributed by atoms with Crippen LogP contribution < -0.4 is 10.5 Å². The number of hydrogen-bond donors (Lipinski definition) is 1. The van der Waals surface area contributed by atoms with Crippen molar-refractivity contribution in [3.63, 3.8) is 0 Å². The van der Waals surface area contributed by atoms with Crippen LogP contribution in [0, 0.1) is 11.6 Å². The first-order valence-electron chi connectivity index (χ1n) is 4.08. The van der Waals surface area contributed by atoms with Crippen molar-refractivity contribution >= 4 is 6.08 Å². The molecule has 1 aromatic rings. The molecule has 0 unspecified atom stereocenters. The number of ether oxygens (including phenoxy) is 1. The summed E-state index contributed by atoms with van der Waals surface area (Å²) in [5.41, 5.74) is 5.57. The zero-order chi connectivity index (χ0) is 10.6. The van der Waals surface area contributed by atoms with Crippen LogP contribution in [0.4, 0.5) is 8.78 Å². The van der Waals surface area contributed by atoms with Crippen LogP contribution in [0.15, 0.2) is 18.2 Å². The molecule has 0 aromatic heterocycles. The van der Waals surface area contributed by atoms with Gasteiger partial charge in [0.2, 0.25) is 0 Å². The van der Waals surface area contributed by atoms with E-state index < -0.39 is 11.6 Å². The summed E-state index contributed by atoms with van der Waals surface area (Å²) in [7, 11) is 1.33. The predicted molar refractivity (Wildman–Crippen MR) is 51.0 cm³/mol. The van der Waals surface area contributed by atoms with Gasteiger partial charge in [-0.15, -0.1) is 0 Å². The summed E-state index contributed by atoms with van der Waals surface area (Å²) in [4.78, 5) is 0. The van der Waals surface area contributed by atoms with Gasteiger partial charge >= 0.3 is 0 Å². The fourth-order valence-electron chi connectivity index (χ4n) is 1.11. The molecule has 1 aromatic carbocycles. The van der Waals surface area contributed by atoms with Crippen LogP contribution in [0.25, 0.3) is 6.08 Å². The van der Waals surface area contributed by atoms with Crippen molar-refractivity contribution in [2.75, 3.05) is 13.7 Å². The van der Waals surface area contributed by atoms with Crippen LogP contribution >= 0.6 is 0 Å². The first-order valence-corrected chi connectivity index (χ1v) is 4.08. The van der Waals surface area contributed by atoms with Gasteiger partial charge in [0.15, 0.2) is 11.6 Å². The van der Waals surface area contributed by atoms with Crippen LogP contribution in [-0.4, -0.2) is 13.7 Å². The molecule has 2 nitrogen and oxygen atoms in total. The monoisotopic (exact) mass is 199 g/mol. The largest absolute Gasteiger partial charge is 0.493 e. The number of nitrogens with two attached hydrogens (primary N) is 1. The first kappa shape index (κ1) is 10.7. The van der Waals surface area contributed by atoms with E-state index in [1.54, 1.807) is 6.08 Å². The van der Waals surface area contributed by atoms with Crippen LogP contribution in [0.1, 0.15) is 5.56 Å². The summed E-state index contributed by atoms with van der Waals surface area (Å²) < 4.78 is 30.7. The zero-order valence-corrected chi connectivity index (χ0v) is 7.76. The van der Waals surface area contributed by atoms with Crippen molar-refractivity contribution in [1.82, 2.24) is 0 Å². The molecule has 0 amide bonds. The molecule has 2 N–H and O–H groups in total. The Bertz CT molecular complexity index is 350. The number of rotatable bonds is 3. The van der Waals surface area contributed by atoms with E-state index in [2.05, 4.69) is 0 Å². The minimum atomic E-state index is -0.718. The van der Waals surface area contributed by atoms with Gasteiger partial charge in [0.05, 0.1) is 7.11 Å². The molecule has 1 rings (SSSR count). The number of methoxy groups -OCH3 is 1. The van der Waals surface area contributed by atoms with Gasteiger partial charge in [0.25, 0.3) is 0 Å². The smallest absolute Gasteiger partial charge is 0.168 e. The third-order valence-corrected chi connectivity index (χ3v) is 1.67. The molecule has 0 aliphatic carbocycles. The third-order valence-electron chi connectivity index (χ3n) is 1.67. The SMILES string of the molecule is COc1c(F)cc(F)cc1/C=C/CN. The molecule has 76 valence electrons. The predicted octanol–water partition coefficient (Wildman–Crippen LogP) is 1.95. The maximum Gasteiger partial charge on any atom is 0.168 e. The van der Waals surface area contributed by atoms with Gasteiger partial charge in [-0.05, 0) is 6.07 Å². The summed E-state index contributed by atoms with van der Waals surface area (Å²) in [5, 5.41) is 0. The van der Waals surface area contributed by atoms with E-state index in [1.165, 1.54) is 19.3 Å². The lowest BCUT2D eigenvalue weighted by Gasteiger charge is -2.05. The van der Waals surface area contributed by atoms with Crippen LogP contribution in [0.3, 0.4) is 0 Å². The van der Waals surface area contributed by atoms with Crippen molar-refractivity contribution in [3.8, 4) is 5.75 Å². The van der Waals surface area contributed by atoms with E-state index >= 15 is 0 Å². The van der Waals surface area contributed by atoms with Gasteiger partial charge in [0, 0.05) is 18.2 Å². The van der Waals surface area contributed by atoms with E-state index in [0.717, 1.165) is 6.07 Å². The second-order valence-electron chi connectivity index (χ2n) is 2.65. The Labute approximate surface area is 81.0 Å². The maximum atomic E-state index is 13.1. The number of halogens is 2. The van der Waals surface area contributed by atoms with Crippen molar-refractivity contribution in [2.24, 2.45) is 5.73 Å². The topological polar surface area (TPSA) is 35.2 Å². The van der Waals surface area contributed by atoms with Gasteiger partial charge < -0.3 is 10.5 Å². The van der Waals surface area contributed by atoms with Crippen molar-refractivity contribution in [2.45, 2.75) is 0 Å². The fraction of sp³-hybridized carbons (Fsp3) is 0.200. The molecular weight excluding hydrogens is 188 g/mol. The molecule has 0 saturated heterocycles. The Kier molecular flexibility index (Phi) is 3.59. The summed E-state index contributed by atoms with van der Waals surface area (Å²) in [6.45, 7) is 0.307. The zero-order valence-electron chi connectivity index (χ0n) is 7.76. The lowest BCUT2D eigenvalue weighted by molar-refractivity contribution is 0.383. The molecule has 0 heterocycles. The van der Waals surface area contributed by atoms with Crippen molar-refractivity contribution in [3.05, 3.63) is 35.4 Å². The molecular formula is C10H11F2NO. The highest BCUT2D eigenvalue weighted by molar-refractivity contribution is 5.57.